The van der Waals surface area contributed by atoms with E-state index in [1.54, 1.807) is 0 Å². The summed E-state index contributed by atoms with van der Waals surface area (Å²) in [6.07, 6.45) is 16.3. The SMILES string of the molecule is Cn1c(-c2ccc(C3=C4C=CC=CC4C(c4ccccc4)C4=CCCC=C43)cc2)nc2ccccc21. The molecule has 174 valence electrons. The van der Waals surface area contributed by atoms with Crippen molar-refractivity contribution in [3.63, 3.8) is 0 Å². The minimum Gasteiger partial charge on any atom is -0.327 e. The van der Waals surface area contributed by atoms with Crippen LogP contribution in [0, 0.1) is 5.92 Å². The number of fused-ring (bicyclic) bond motifs is 3. The predicted octanol–water partition coefficient (Wildman–Crippen LogP) is 8.18. The maximum atomic E-state index is 4.91. The Kier molecular flexibility index (Phi) is 4.99. The second-order valence-electron chi connectivity index (χ2n) is 9.90. The molecule has 1 heterocycles. The number of benzene rings is 3. The molecule has 0 aliphatic heterocycles. The van der Waals surface area contributed by atoms with E-state index in [2.05, 4.69) is 121 Å². The van der Waals surface area contributed by atoms with Crippen LogP contribution in [0.4, 0.5) is 0 Å². The summed E-state index contributed by atoms with van der Waals surface area (Å²) in [6.45, 7) is 0. The number of nitrogens with zero attached hydrogens (tertiary/aromatic N) is 2. The van der Waals surface area contributed by atoms with E-state index >= 15 is 0 Å². The second kappa shape index (κ2) is 8.49. The normalized spacial score (nSPS) is 20.7. The summed E-state index contributed by atoms with van der Waals surface area (Å²) in [7, 11) is 2.10. The van der Waals surface area contributed by atoms with Crippen LogP contribution in [0.1, 0.15) is 29.9 Å². The molecule has 2 atom stereocenters. The van der Waals surface area contributed by atoms with Crippen LogP contribution >= 0.6 is 0 Å². The zero-order valence-corrected chi connectivity index (χ0v) is 20.4. The van der Waals surface area contributed by atoms with Gasteiger partial charge in [-0.2, -0.15) is 0 Å². The minimum absolute atomic E-state index is 0.341. The largest absolute Gasteiger partial charge is 0.327 e. The molecule has 2 unspecified atom stereocenters. The van der Waals surface area contributed by atoms with Crippen molar-refractivity contribution in [2.24, 2.45) is 13.0 Å². The van der Waals surface area contributed by atoms with E-state index in [0.717, 1.165) is 35.3 Å². The van der Waals surface area contributed by atoms with E-state index in [0.29, 0.717) is 11.8 Å². The van der Waals surface area contributed by atoms with Gasteiger partial charge in [0.2, 0.25) is 0 Å². The van der Waals surface area contributed by atoms with Crippen molar-refractivity contribution in [3.8, 4) is 11.4 Å². The van der Waals surface area contributed by atoms with Crippen LogP contribution in [0.25, 0.3) is 28.0 Å². The first-order valence-corrected chi connectivity index (χ1v) is 12.9. The lowest BCUT2D eigenvalue weighted by molar-refractivity contribution is 0.636. The van der Waals surface area contributed by atoms with Gasteiger partial charge in [-0.1, -0.05) is 103 Å². The Labute approximate surface area is 212 Å². The van der Waals surface area contributed by atoms with Crippen molar-refractivity contribution >= 4 is 16.6 Å². The summed E-state index contributed by atoms with van der Waals surface area (Å²) in [4.78, 5) is 4.91. The van der Waals surface area contributed by atoms with Crippen molar-refractivity contribution in [2.45, 2.75) is 18.8 Å². The molecule has 4 aromatic rings. The molecule has 0 saturated carbocycles. The summed E-state index contributed by atoms with van der Waals surface area (Å²) in [6, 6.07) is 28.4. The van der Waals surface area contributed by atoms with Crippen LogP contribution in [-0.4, -0.2) is 9.55 Å². The van der Waals surface area contributed by atoms with Gasteiger partial charge in [-0.15, -0.1) is 0 Å². The fourth-order valence-corrected chi connectivity index (χ4v) is 6.24. The standard InChI is InChI=1S/C34H28N2/c1-36-31-18-10-9-17-30(31)35-34(36)25-21-19-24(20-22-25)33-28-15-7-5-13-26(28)32(23-11-3-2-4-12-23)27-14-6-8-16-29(27)33/h2-5,7,9-22,26,32H,6,8H2,1H3. The lowest BCUT2D eigenvalue weighted by Crippen LogP contribution is -2.25. The van der Waals surface area contributed by atoms with Gasteiger partial charge < -0.3 is 4.57 Å². The molecule has 0 bridgehead atoms. The number of aryl methyl sites for hydroxylation is 1. The number of imidazole rings is 1. The minimum atomic E-state index is 0.341. The first kappa shape index (κ1) is 21.1. The molecule has 0 N–H and O–H groups in total. The molecule has 3 aliphatic rings. The molecule has 0 fully saturated rings. The van der Waals surface area contributed by atoms with Crippen molar-refractivity contribution in [2.75, 3.05) is 0 Å². The number of para-hydroxylation sites is 2. The maximum Gasteiger partial charge on any atom is 0.140 e. The molecule has 0 saturated heterocycles. The zero-order chi connectivity index (χ0) is 24.1. The van der Waals surface area contributed by atoms with E-state index < -0.39 is 0 Å². The molecule has 1 aromatic heterocycles. The third-order valence-electron chi connectivity index (χ3n) is 7.88. The topological polar surface area (TPSA) is 17.8 Å². The fourth-order valence-electron chi connectivity index (χ4n) is 6.24. The summed E-state index contributed by atoms with van der Waals surface area (Å²) in [5.41, 5.74) is 11.7. The van der Waals surface area contributed by atoms with Gasteiger partial charge in [0.25, 0.3) is 0 Å². The molecule has 3 aliphatic carbocycles. The highest BCUT2D eigenvalue weighted by Crippen LogP contribution is 2.53. The summed E-state index contributed by atoms with van der Waals surface area (Å²) in [5, 5.41) is 0. The summed E-state index contributed by atoms with van der Waals surface area (Å²) >= 11 is 0. The van der Waals surface area contributed by atoms with E-state index in [9.17, 15) is 0 Å². The van der Waals surface area contributed by atoms with Crippen LogP contribution in [0.3, 0.4) is 0 Å². The average molecular weight is 465 g/mol. The van der Waals surface area contributed by atoms with Crippen LogP contribution in [0.5, 0.6) is 0 Å². The first-order valence-electron chi connectivity index (χ1n) is 12.9. The second-order valence-corrected chi connectivity index (χ2v) is 9.90. The monoisotopic (exact) mass is 464 g/mol. The van der Waals surface area contributed by atoms with Gasteiger partial charge in [0.15, 0.2) is 0 Å². The molecular weight excluding hydrogens is 436 g/mol. The Bertz CT molecular complexity index is 1620. The van der Waals surface area contributed by atoms with Gasteiger partial charge in [0.1, 0.15) is 5.82 Å². The van der Waals surface area contributed by atoms with Crippen LogP contribution < -0.4 is 0 Å². The summed E-state index contributed by atoms with van der Waals surface area (Å²) < 4.78 is 2.19. The Hall–Kier alpha value is -4.17. The predicted molar refractivity (Wildman–Crippen MR) is 149 cm³/mol. The van der Waals surface area contributed by atoms with E-state index in [4.69, 9.17) is 4.98 Å². The number of aromatic nitrogens is 2. The molecule has 7 rings (SSSR count). The molecular formula is C34H28N2. The van der Waals surface area contributed by atoms with Crippen molar-refractivity contribution in [3.05, 3.63) is 143 Å². The van der Waals surface area contributed by atoms with Gasteiger partial charge in [0, 0.05) is 24.4 Å². The van der Waals surface area contributed by atoms with Crippen molar-refractivity contribution < 1.29 is 0 Å². The van der Waals surface area contributed by atoms with Crippen LogP contribution in [0.15, 0.2) is 132 Å². The Morgan fingerprint density at radius 3 is 2.36 bits per heavy atom. The molecule has 2 heteroatoms. The van der Waals surface area contributed by atoms with Crippen LogP contribution in [0.2, 0.25) is 0 Å². The number of rotatable bonds is 3. The molecule has 36 heavy (non-hydrogen) atoms. The summed E-state index contributed by atoms with van der Waals surface area (Å²) in [5.74, 6) is 1.70. The average Bonchev–Trinajstić information content (AvgIpc) is 3.28. The van der Waals surface area contributed by atoms with Gasteiger partial charge in [0.05, 0.1) is 11.0 Å². The highest BCUT2D eigenvalue weighted by Gasteiger charge is 2.37. The smallest absolute Gasteiger partial charge is 0.140 e. The van der Waals surface area contributed by atoms with E-state index in [1.807, 2.05) is 6.07 Å². The van der Waals surface area contributed by atoms with Gasteiger partial charge in [-0.05, 0) is 58.4 Å². The van der Waals surface area contributed by atoms with Gasteiger partial charge in [-0.3, -0.25) is 0 Å². The lowest BCUT2D eigenvalue weighted by Gasteiger charge is -2.40. The van der Waals surface area contributed by atoms with E-state index in [-0.39, 0.29) is 0 Å². The number of hydrogen-bond donors (Lipinski definition) is 0. The Balaban J connectivity index is 1.36. The zero-order valence-electron chi connectivity index (χ0n) is 20.4. The van der Waals surface area contributed by atoms with Crippen LogP contribution in [-0.2, 0) is 7.05 Å². The fraction of sp³-hybridized carbons (Fsp3) is 0.147. The Morgan fingerprint density at radius 1 is 0.778 bits per heavy atom. The molecule has 3 aromatic carbocycles. The van der Waals surface area contributed by atoms with Gasteiger partial charge >= 0.3 is 0 Å². The van der Waals surface area contributed by atoms with Crippen molar-refractivity contribution in [1.29, 1.82) is 0 Å². The maximum absolute atomic E-state index is 4.91. The van der Waals surface area contributed by atoms with Gasteiger partial charge in [-0.25, -0.2) is 4.98 Å². The number of allylic oxidation sites excluding steroid dienone is 10. The highest BCUT2D eigenvalue weighted by molar-refractivity contribution is 5.91. The molecule has 0 amide bonds. The van der Waals surface area contributed by atoms with Crippen molar-refractivity contribution in [1.82, 2.24) is 9.55 Å². The highest BCUT2D eigenvalue weighted by atomic mass is 15.1. The Morgan fingerprint density at radius 2 is 1.53 bits per heavy atom. The quantitative estimate of drug-likeness (QED) is 0.299. The third-order valence-corrected chi connectivity index (χ3v) is 7.88. The molecule has 0 radical (unpaired) electrons. The lowest BCUT2D eigenvalue weighted by atomic mass is 9.64. The van der Waals surface area contributed by atoms with E-state index in [1.165, 1.54) is 33.4 Å². The third kappa shape index (κ3) is 3.29. The first-order chi connectivity index (χ1) is 17.8. The number of hydrogen-bond acceptors (Lipinski definition) is 1. The molecule has 2 nitrogen and oxygen atoms in total. The molecule has 0 spiro atoms.